The second-order valence-electron chi connectivity index (χ2n) is 7.77. The lowest BCUT2D eigenvalue weighted by Crippen LogP contribution is -2.41. The first-order valence-electron chi connectivity index (χ1n) is 10.5. The highest BCUT2D eigenvalue weighted by molar-refractivity contribution is 5.97. The molecule has 2 aliphatic rings. The van der Waals surface area contributed by atoms with Crippen LogP contribution in [-0.4, -0.2) is 43.6 Å². The maximum Gasteiger partial charge on any atom is 0.265 e. The van der Waals surface area contributed by atoms with Crippen molar-refractivity contribution >= 4 is 11.6 Å². The molecule has 26 heavy (non-hydrogen) atoms. The molecule has 1 aromatic carbocycles. The number of benzene rings is 1. The Morgan fingerprint density at radius 3 is 2.65 bits per heavy atom. The van der Waals surface area contributed by atoms with E-state index in [9.17, 15) is 4.79 Å². The molecule has 2 heterocycles. The SMILES string of the molecule is CCCCC1CCN(CCCN2C(=O)COc3ccc(CC)cc32)CC1. The van der Waals surface area contributed by atoms with Crippen LogP contribution < -0.4 is 9.64 Å². The van der Waals surface area contributed by atoms with Crippen molar-refractivity contribution in [2.24, 2.45) is 5.92 Å². The Labute approximate surface area is 158 Å². The number of piperidine rings is 1. The zero-order chi connectivity index (χ0) is 18.4. The Morgan fingerprint density at radius 2 is 1.92 bits per heavy atom. The van der Waals surface area contributed by atoms with Crippen molar-refractivity contribution < 1.29 is 9.53 Å². The summed E-state index contributed by atoms with van der Waals surface area (Å²) >= 11 is 0. The summed E-state index contributed by atoms with van der Waals surface area (Å²) in [5.41, 5.74) is 2.21. The quantitative estimate of drug-likeness (QED) is 0.696. The van der Waals surface area contributed by atoms with E-state index < -0.39 is 0 Å². The molecule has 144 valence electrons. The number of rotatable bonds is 8. The van der Waals surface area contributed by atoms with E-state index in [4.69, 9.17) is 4.74 Å². The maximum atomic E-state index is 12.4. The van der Waals surface area contributed by atoms with Crippen LogP contribution in [0.15, 0.2) is 18.2 Å². The molecule has 0 N–H and O–H groups in total. The van der Waals surface area contributed by atoms with Crippen LogP contribution in [-0.2, 0) is 11.2 Å². The van der Waals surface area contributed by atoms with Crippen LogP contribution in [0.3, 0.4) is 0 Å². The Kier molecular flexibility index (Phi) is 6.95. The summed E-state index contributed by atoms with van der Waals surface area (Å²) in [6, 6.07) is 6.22. The third-order valence-electron chi connectivity index (χ3n) is 5.90. The average molecular weight is 359 g/mol. The van der Waals surface area contributed by atoms with Crippen LogP contribution in [0, 0.1) is 5.92 Å². The minimum absolute atomic E-state index is 0.0871. The average Bonchev–Trinajstić information content (AvgIpc) is 2.68. The molecule has 1 fully saturated rings. The van der Waals surface area contributed by atoms with Crippen LogP contribution in [0.4, 0.5) is 5.69 Å². The molecule has 0 bridgehead atoms. The summed E-state index contributed by atoms with van der Waals surface area (Å²) in [6.07, 6.45) is 8.79. The topological polar surface area (TPSA) is 32.8 Å². The number of hydrogen-bond donors (Lipinski definition) is 0. The van der Waals surface area contributed by atoms with Crippen molar-refractivity contribution in [1.82, 2.24) is 4.90 Å². The van der Waals surface area contributed by atoms with Crippen LogP contribution in [0.2, 0.25) is 0 Å². The summed E-state index contributed by atoms with van der Waals surface area (Å²) in [7, 11) is 0. The molecular formula is C22H34N2O2. The third-order valence-corrected chi connectivity index (χ3v) is 5.90. The molecule has 0 aromatic heterocycles. The van der Waals surface area contributed by atoms with Crippen molar-refractivity contribution in [2.75, 3.05) is 37.7 Å². The highest BCUT2D eigenvalue weighted by Crippen LogP contribution is 2.33. The van der Waals surface area contributed by atoms with Crippen molar-refractivity contribution in [3.63, 3.8) is 0 Å². The number of ether oxygens (including phenoxy) is 1. The first kappa shape index (κ1) is 19.2. The molecule has 1 aromatic rings. The maximum absolute atomic E-state index is 12.4. The normalized spacial score (nSPS) is 18.7. The summed E-state index contributed by atoms with van der Waals surface area (Å²) in [5.74, 6) is 1.87. The zero-order valence-corrected chi connectivity index (χ0v) is 16.5. The molecule has 0 unspecified atom stereocenters. The van der Waals surface area contributed by atoms with Gasteiger partial charge >= 0.3 is 0 Å². The first-order valence-corrected chi connectivity index (χ1v) is 10.5. The van der Waals surface area contributed by atoms with E-state index in [0.29, 0.717) is 0 Å². The molecule has 0 aliphatic carbocycles. The first-order chi connectivity index (χ1) is 12.7. The third kappa shape index (κ3) is 4.79. The second kappa shape index (κ2) is 9.40. The number of anilines is 1. The second-order valence-corrected chi connectivity index (χ2v) is 7.77. The van der Waals surface area contributed by atoms with E-state index in [1.165, 1.54) is 50.8 Å². The standard InChI is InChI=1S/C22H34N2O2/c1-3-5-7-19-10-14-23(15-11-19)12-6-13-24-20-16-18(4-2)8-9-21(20)26-17-22(24)25/h8-9,16,19H,3-7,10-15,17H2,1-2H3. The highest BCUT2D eigenvalue weighted by Gasteiger charge is 2.26. The lowest BCUT2D eigenvalue weighted by molar-refractivity contribution is -0.121. The van der Waals surface area contributed by atoms with E-state index in [2.05, 4.69) is 30.9 Å². The van der Waals surface area contributed by atoms with Gasteiger partial charge in [-0.05, 0) is 68.9 Å². The van der Waals surface area contributed by atoms with Gasteiger partial charge in [-0.15, -0.1) is 0 Å². The molecule has 1 amide bonds. The van der Waals surface area contributed by atoms with E-state index >= 15 is 0 Å². The Balaban J connectivity index is 1.49. The fourth-order valence-corrected chi connectivity index (χ4v) is 4.16. The number of fused-ring (bicyclic) bond motifs is 1. The number of nitrogens with zero attached hydrogens (tertiary/aromatic N) is 2. The summed E-state index contributed by atoms with van der Waals surface area (Å²) in [6.45, 7) is 8.92. The minimum Gasteiger partial charge on any atom is -0.482 e. The van der Waals surface area contributed by atoms with Crippen LogP contribution in [0.1, 0.15) is 57.9 Å². The molecule has 0 radical (unpaired) electrons. The van der Waals surface area contributed by atoms with Gasteiger partial charge in [0, 0.05) is 6.54 Å². The predicted molar refractivity (Wildman–Crippen MR) is 107 cm³/mol. The van der Waals surface area contributed by atoms with Gasteiger partial charge in [0.15, 0.2) is 6.61 Å². The molecule has 4 nitrogen and oxygen atoms in total. The van der Waals surface area contributed by atoms with Gasteiger partial charge in [-0.2, -0.15) is 0 Å². The number of aryl methyl sites for hydroxylation is 1. The van der Waals surface area contributed by atoms with Gasteiger partial charge in [0.25, 0.3) is 5.91 Å². The minimum atomic E-state index is 0.0871. The van der Waals surface area contributed by atoms with Crippen LogP contribution in [0.25, 0.3) is 0 Å². The summed E-state index contributed by atoms with van der Waals surface area (Å²) in [5, 5.41) is 0. The highest BCUT2D eigenvalue weighted by atomic mass is 16.5. The van der Waals surface area contributed by atoms with Gasteiger partial charge in [0.2, 0.25) is 0 Å². The number of unbranched alkanes of at least 4 members (excludes halogenated alkanes) is 1. The molecule has 2 aliphatic heterocycles. The number of amides is 1. The number of carbonyl (C=O) groups is 1. The van der Waals surface area contributed by atoms with Crippen LogP contribution in [0.5, 0.6) is 5.75 Å². The number of hydrogen-bond acceptors (Lipinski definition) is 3. The van der Waals surface area contributed by atoms with Gasteiger partial charge in [0.05, 0.1) is 5.69 Å². The summed E-state index contributed by atoms with van der Waals surface area (Å²) in [4.78, 5) is 16.9. The van der Waals surface area contributed by atoms with Crippen molar-refractivity contribution in [2.45, 2.75) is 58.8 Å². The fraction of sp³-hybridized carbons (Fsp3) is 0.682. The van der Waals surface area contributed by atoms with E-state index in [1.807, 2.05) is 11.0 Å². The van der Waals surface area contributed by atoms with Crippen LogP contribution >= 0.6 is 0 Å². The van der Waals surface area contributed by atoms with E-state index in [1.54, 1.807) is 0 Å². The number of likely N-dealkylation sites (tertiary alicyclic amines) is 1. The monoisotopic (exact) mass is 358 g/mol. The smallest absolute Gasteiger partial charge is 0.265 e. The zero-order valence-electron chi connectivity index (χ0n) is 16.5. The van der Waals surface area contributed by atoms with Gasteiger partial charge in [-0.3, -0.25) is 4.79 Å². The molecule has 0 spiro atoms. The largest absolute Gasteiger partial charge is 0.482 e. The molecule has 0 atom stereocenters. The summed E-state index contributed by atoms with van der Waals surface area (Å²) < 4.78 is 5.60. The van der Waals surface area contributed by atoms with E-state index in [0.717, 1.165) is 43.3 Å². The lowest BCUT2D eigenvalue weighted by Gasteiger charge is -2.33. The Morgan fingerprint density at radius 1 is 1.12 bits per heavy atom. The molecule has 3 rings (SSSR count). The number of carbonyl (C=O) groups excluding carboxylic acids is 1. The van der Waals surface area contributed by atoms with Gasteiger partial charge in [-0.25, -0.2) is 0 Å². The van der Waals surface area contributed by atoms with E-state index in [-0.39, 0.29) is 12.5 Å². The van der Waals surface area contributed by atoms with Crippen molar-refractivity contribution in [3.05, 3.63) is 23.8 Å². The lowest BCUT2D eigenvalue weighted by atomic mass is 9.91. The molecular weight excluding hydrogens is 324 g/mol. The Hall–Kier alpha value is -1.55. The predicted octanol–water partition coefficient (Wildman–Crippen LogP) is 4.27. The van der Waals surface area contributed by atoms with Crippen molar-refractivity contribution in [1.29, 1.82) is 0 Å². The van der Waals surface area contributed by atoms with Gasteiger partial charge < -0.3 is 14.5 Å². The fourth-order valence-electron chi connectivity index (χ4n) is 4.16. The van der Waals surface area contributed by atoms with Crippen molar-refractivity contribution in [3.8, 4) is 5.75 Å². The van der Waals surface area contributed by atoms with Gasteiger partial charge in [-0.1, -0.05) is 39.2 Å². The Bertz CT molecular complexity index is 594. The molecule has 0 saturated carbocycles. The molecule has 1 saturated heterocycles. The van der Waals surface area contributed by atoms with Gasteiger partial charge in [0.1, 0.15) is 5.75 Å². The molecule has 4 heteroatoms.